The highest BCUT2D eigenvalue weighted by Gasteiger charge is 2.09. The van der Waals surface area contributed by atoms with Gasteiger partial charge in [-0.2, -0.15) is 0 Å². The molecule has 20 heavy (non-hydrogen) atoms. The number of nitro benzene ring substituents is 1. The minimum Gasteiger partial charge on any atom is -0.454 e. The van der Waals surface area contributed by atoms with Crippen LogP contribution in [0.5, 0.6) is 11.5 Å². The van der Waals surface area contributed by atoms with E-state index in [0.29, 0.717) is 0 Å². The number of halogens is 1. The van der Waals surface area contributed by atoms with Crippen LogP contribution in [0.4, 0.5) is 10.1 Å². The van der Waals surface area contributed by atoms with E-state index in [1.165, 1.54) is 36.4 Å². The Labute approximate surface area is 113 Å². The zero-order chi connectivity index (χ0) is 14.7. The second-order valence-corrected chi connectivity index (χ2v) is 3.91. The van der Waals surface area contributed by atoms with E-state index < -0.39 is 10.7 Å². The molecule has 102 valence electrons. The van der Waals surface area contributed by atoms with Gasteiger partial charge in [0.15, 0.2) is 11.6 Å². The summed E-state index contributed by atoms with van der Waals surface area (Å²) in [5.41, 5.74) is 5.41. The molecule has 0 spiro atoms. The SMILES string of the molecule is N=C(N)c1ccc(Oc2ccc([N+](=O)[O-])cc2)c(F)c1. The van der Waals surface area contributed by atoms with Crippen molar-refractivity contribution in [2.45, 2.75) is 0 Å². The smallest absolute Gasteiger partial charge is 0.269 e. The average Bonchev–Trinajstić information content (AvgIpc) is 2.41. The van der Waals surface area contributed by atoms with Crippen LogP contribution in [0, 0.1) is 21.3 Å². The van der Waals surface area contributed by atoms with Crippen LogP contribution >= 0.6 is 0 Å². The summed E-state index contributed by atoms with van der Waals surface area (Å²) in [5.74, 6) is -0.698. The van der Waals surface area contributed by atoms with E-state index in [-0.39, 0.29) is 28.6 Å². The van der Waals surface area contributed by atoms with Gasteiger partial charge in [-0.1, -0.05) is 0 Å². The van der Waals surface area contributed by atoms with Gasteiger partial charge in [0.2, 0.25) is 0 Å². The fourth-order valence-electron chi connectivity index (χ4n) is 1.51. The quantitative estimate of drug-likeness (QED) is 0.387. The van der Waals surface area contributed by atoms with Crippen molar-refractivity contribution >= 4 is 11.5 Å². The van der Waals surface area contributed by atoms with Gasteiger partial charge in [0, 0.05) is 17.7 Å². The number of hydrogen-bond acceptors (Lipinski definition) is 4. The van der Waals surface area contributed by atoms with Gasteiger partial charge in [0.05, 0.1) is 4.92 Å². The molecule has 0 amide bonds. The topological polar surface area (TPSA) is 102 Å². The first-order chi connectivity index (χ1) is 9.47. The number of nitro groups is 1. The van der Waals surface area contributed by atoms with E-state index in [4.69, 9.17) is 15.9 Å². The third-order valence-corrected chi connectivity index (χ3v) is 2.52. The number of nitrogens with two attached hydrogens (primary N) is 1. The fourth-order valence-corrected chi connectivity index (χ4v) is 1.51. The van der Waals surface area contributed by atoms with Crippen molar-refractivity contribution < 1.29 is 14.1 Å². The molecule has 0 unspecified atom stereocenters. The molecule has 0 saturated heterocycles. The van der Waals surface area contributed by atoms with Crippen molar-refractivity contribution in [1.29, 1.82) is 5.41 Å². The normalized spacial score (nSPS) is 10.1. The summed E-state index contributed by atoms with van der Waals surface area (Å²) in [6, 6.07) is 9.14. The molecule has 2 aromatic carbocycles. The van der Waals surface area contributed by atoms with E-state index in [0.717, 1.165) is 6.07 Å². The maximum atomic E-state index is 13.7. The summed E-state index contributed by atoms with van der Waals surface area (Å²) in [6.45, 7) is 0. The van der Waals surface area contributed by atoms with Crippen LogP contribution in [0.3, 0.4) is 0 Å². The van der Waals surface area contributed by atoms with Gasteiger partial charge < -0.3 is 10.5 Å². The van der Waals surface area contributed by atoms with Crippen LogP contribution in [-0.2, 0) is 0 Å². The van der Waals surface area contributed by atoms with E-state index in [9.17, 15) is 14.5 Å². The van der Waals surface area contributed by atoms with Crippen LogP contribution in [0.1, 0.15) is 5.56 Å². The summed E-state index contributed by atoms with van der Waals surface area (Å²) in [7, 11) is 0. The van der Waals surface area contributed by atoms with Crippen LogP contribution in [0.25, 0.3) is 0 Å². The molecule has 0 aromatic heterocycles. The molecule has 7 heteroatoms. The Morgan fingerprint density at radius 2 is 1.90 bits per heavy atom. The molecule has 0 fully saturated rings. The highest BCUT2D eigenvalue weighted by atomic mass is 19.1. The largest absolute Gasteiger partial charge is 0.454 e. The van der Waals surface area contributed by atoms with Gasteiger partial charge in [-0.3, -0.25) is 15.5 Å². The number of nitrogens with zero attached hydrogens (tertiary/aromatic N) is 1. The molecule has 0 aliphatic heterocycles. The lowest BCUT2D eigenvalue weighted by atomic mass is 10.2. The first-order valence-electron chi connectivity index (χ1n) is 5.53. The van der Waals surface area contributed by atoms with Crippen molar-refractivity contribution in [3.05, 3.63) is 64.0 Å². The molecule has 0 heterocycles. The summed E-state index contributed by atoms with van der Waals surface area (Å²) in [5, 5.41) is 17.7. The summed E-state index contributed by atoms with van der Waals surface area (Å²) in [6.07, 6.45) is 0. The number of amidine groups is 1. The number of hydrogen-bond donors (Lipinski definition) is 2. The van der Waals surface area contributed by atoms with Gasteiger partial charge in [-0.05, 0) is 30.3 Å². The zero-order valence-electron chi connectivity index (χ0n) is 10.2. The molecule has 0 atom stereocenters. The van der Waals surface area contributed by atoms with E-state index in [1.807, 2.05) is 0 Å². The third kappa shape index (κ3) is 2.89. The van der Waals surface area contributed by atoms with E-state index in [2.05, 4.69) is 0 Å². The highest BCUT2D eigenvalue weighted by Crippen LogP contribution is 2.26. The maximum Gasteiger partial charge on any atom is 0.269 e. The van der Waals surface area contributed by atoms with Crippen LogP contribution in [0.15, 0.2) is 42.5 Å². The Bertz CT molecular complexity index is 671. The van der Waals surface area contributed by atoms with Crippen molar-refractivity contribution in [2.75, 3.05) is 0 Å². The summed E-state index contributed by atoms with van der Waals surface area (Å²) < 4.78 is 19.0. The van der Waals surface area contributed by atoms with Crippen molar-refractivity contribution in [3.63, 3.8) is 0 Å². The molecule has 2 rings (SSSR count). The Hall–Kier alpha value is -2.96. The molecule has 6 nitrogen and oxygen atoms in total. The Morgan fingerprint density at radius 3 is 2.40 bits per heavy atom. The lowest BCUT2D eigenvalue weighted by molar-refractivity contribution is -0.384. The van der Waals surface area contributed by atoms with E-state index >= 15 is 0 Å². The van der Waals surface area contributed by atoms with Gasteiger partial charge >= 0.3 is 0 Å². The van der Waals surface area contributed by atoms with Gasteiger partial charge in [0.1, 0.15) is 11.6 Å². The Kier molecular flexibility index (Phi) is 3.60. The molecule has 0 aliphatic carbocycles. The molecule has 0 saturated carbocycles. The third-order valence-electron chi connectivity index (χ3n) is 2.52. The predicted octanol–water partition coefficient (Wildman–Crippen LogP) is 2.81. The zero-order valence-corrected chi connectivity index (χ0v) is 10.2. The fraction of sp³-hybridized carbons (Fsp3) is 0. The van der Waals surface area contributed by atoms with Crippen molar-refractivity contribution in [3.8, 4) is 11.5 Å². The van der Waals surface area contributed by atoms with E-state index in [1.54, 1.807) is 0 Å². The van der Waals surface area contributed by atoms with Crippen LogP contribution in [-0.4, -0.2) is 10.8 Å². The van der Waals surface area contributed by atoms with Crippen LogP contribution in [0.2, 0.25) is 0 Å². The second-order valence-electron chi connectivity index (χ2n) is 3.91. The first kappa shape index (κ1) is 13.5. The Balaban J connectivity index is 2.21. The minimum absolute atomic E-state index is 0.0520. The van der Waals surface area contributed by atoms with Crippen LogP contribution < -0.4 is 10.5 Å². The number of nitrogens with one attached hydrogen (secondary N) is 1. The molecule has 0 bridgehead atoms. The average molecular weight is 275 g/mol. The number of ether oxygens (including phenoxy) is 1. The lowest BCUT2D eigenvalue weighted by Gasteiger charge is -2.07. The molecular formula is C13H10FN3O3. The highest BCUT2D eigenvalue weighted by molar-refractivity contribution is 5.95. The number of rotatable bonds is 4. The van der Waals surface area contributed by atoms with Gasteiger partial charge in [-0.25, -0.2) is 4.39 Å². The monoisotopic (exact) mass is 275 g/mol. The van der Waals surface area contributed by atoms with Crippen molar-refractivity contribution in [2.24, 2.45) is 5.73 Å². The molecule has 0 radical (unpaired) electrons. The predicted molar refractivity (Wildman–Crippen MR) is 70.6 cm³/mol. The molecule has 0 aliphatic rings. The van der Waals surface area contributed by atoms with Gasteiger partial charge in [0.25, 0.3) is 5.69 Å². The minimum atomic E-state index is -0.670. The van der Waals surface area contributed by atoms with Crippen molar-refractivity contribution in [1.82, 2.24) is 0 Å². The molecule has 2 aromatic rings. The summed E-state index contributed by atoms with van der Waals surface area (Å²) in [4.78, 5) is 9.96. The lowest BCUT2D eigenvalue weighted by Crippen LogP contribution is -2.11. The number of nitrogen functional groups attached to an aromatic ring is 1. The molecular weight excluding hydrogens is 265 g/mol. The second kappa shape index (κ2) is 5.35. The Morgan fingerprint density at radius 1 is 1.25 bits per heavy atom. The molecule has 3 N–H and O–H groups in total. The number of non-ortho nitro benzene ring substituents is 1. The first-order valence-corrected chi connectivity index (χ1v) is 5.53. The van der Waals surface area contributed by atoms with Gasteiger partial charge in [-0.15, -0.1) is 0 Å². The number of benzene rings is 2. The summed E-state index contributed by atoms with van der Waals surface area (Å²) >= 11 is 0. The maximum absolute atomic E-state index is 13.7. The standard InChI is InChI=1S/C13H10FN3O3/c14-11-7-8(13(15)16)1-6-12(11)20-10-4-2-9(3-5-10)17(18)19/h1-7H,(H3,15,16).